The summed E-state index contributed by atoms with van der Waals surface area (Å²) in [5.41, 5.74) is 0. The average molecular weight is 270 g/mol. The van der Waals surface area contributed by atoms with Crippen LogP contribution in [0, 0.1) is 5.92 Å². The Morgan fingerprint density at radius 3 is 2.68 bits per heavy atom. The zero-order valence-electron chi connectivity index (χ0n) is 12.9. The first-order valence-corrected chi connectivity index (χ1v) is 7.68. The van der Waals surface area contributed by atoms with Crippen LogP contribution in [0.2, 0.25) is 0 Å². The predicted octanol–water partition coefficient (Wildman–Crippen LogP) is 1.77. The Hall–Kier alpha value is -0.610. The predicted molar refractivity (Wildman–Crippen MR) is 78.0 cm³/mol. The first kappa shape index (κ1) is 16.4. The number of nitrogens with zero attached hydrogens (tertiary/aromatic N) is 1. The molecular weight excluding hydrogens is 240 g/mol. The van der Waals surface area contributed by atoms with Gasteiger partial charge in [0.1, 0.15) is 0 Å². The van der Waals surface area contributed by atoms with Crippen molar-refractivity contribution >= 4 is 5.91 Å². The summed E-state index contributed by atoms with van der Waals surface area (Å²) in [4.78, 5) is 14.4. The maximum atomic E-state index is 12.2. The van der Waals surface area contributed by atoms with Gasteiger partial charge >= 0.3 is 0 Å². The molecule has 4 heteroatoms. The minimum Gasteiger partial charge on any atom is -0.393 e. The van der Waals surface area contributed by atoms with Crippen LogP contribution in [0.25, 0.3) is 0 Å². The molecule has 0 aliphatic carbocycles. The molecule has 0 aromatic rings. The fourth-order valence-electron chi connectivity index (χ4n) is 2.82. The van der Waals surface area contributed by atoms with Crippen LogP contribution in [0.5, 0.6) is 0 Å². The summed E-state index contributed by atoms with van der Waals surface area (Å²) in [6.07, 6.45) is 3.96. The Morgan fingerprint density at radius 2 is 2.11 bits per heavy atom. The third-order valence-corrected chi connectivity index (χ3v) is 4.21. The van der Waals surface area contributed by atoms with Crippen LogP contribution in [-0.2, 0) is 4.79 Å². The molecule has 1 saturated heterocycles. The summed E-state index contributed by atoms with van der Waals surface area (Å²) in [5.74, 6) is 0.421. The standard InChI is InChI=1S/C15H30N2O2/c1-5-7-11(2)16-15(19)12(3)17-9-6-8-14(10-17)13(4)18/h11-14,18H,5-10H2,1-4H3,(H,16,19). The Morgan fingerprint density at radius 1 is 1.42 bits per heavy atom. The molecule has 1 heterocycles. The van der Waals surface area contributed by atoms with E-state index in [2.05, 4.69) is 24.1 Å². The van der Waals surface area contributed by atoms with E-state index in [1.54, 1.807) is 0 Å². The van der Waals surface area contributed by atoms with E-state index in [0.717, 1.165) is 38.8 Å². The number of likely N-dealkylation sites (tertiary alicyclic amines) is 1. The number of hydrogen-bond acceptors (Lipinski definition) is 3. The Kier molecular flexibility index (Phi) is 6.80. The van der Waals surface area contributed by atoms with E-state index in [1.807, 2.05) is 13.8 Å². The second-order valence-electron chi connectivity index (χ2n) is 6.01. The minimum atomic E-state index is -0.280. The van der Waals surface area contributed by atoms with Gasteiger partial charge in [-0.05, 0) is 52.5 Å². The molecule has 0 aromatic heterocycles. The number of carbonyl (C=O) groups is 1. The van der Waals surface area contributed by atoms with Crippen molar-refractivity contribution in [2.24, 2.45) is 5.92 Å². The zero-order chi connectivity index (χ0) is 14.4. The number of carbonyl (C=O) groups excluding carboxylic acids is 1. The van der Waals surface area contributed by atoms with Gasteiger partial charge in [0.2, 0.25) is 5.91 Å². The zero-order valence-corrected chi connectivity index (χ0v) is 12.9. The smallest absolute Gasteiger partial charge is 0.237 e. The van der Waals surface area contributed by atoms with Gasteiger partial charge in [-0.1, -0.05) is 13.3 Å². The molecule has 0 aromatic carbocycles. The highest BCUT2D eigenvalue weighted by atomic mass is 16.3. The molecule has 112 valence electrons. The van der Waals surface area contributed by atoms with Crippen LogP contribution in [0.15, 0.2) is 0 Å². The summed E-state index contributed by atoms with van der Waals surface area (Å²) < 4.78 is 0. The molecule has 19 heavy (non-hydrogen) atoms. The average Bonchev–Trinajstić information content (AvgIpc) is 2.38. The number of aliphatic hydroxyl groups excluding tert-OH is 1. The van der Waals surface area contributed by atoms with E-state index in [0.29, 0.717) is 5.92 Å². The molecule has 0 bridgehead atoms. The Bertz CT molecular complexity index is 281. The van der Waals surface area contributed by atoms with Crippen LogP contribution in [0.4, 0.5) is 0 Å². The van der Waals surface area contributed by atoms with Crippen molar-refractivity contribution in [1.82, 2.24) is 10.2 Å². The van der Waals surface area contributed by atoms with Crippen molar-refractivity contribution in [1.29, 1.82) is 0 Å². The van der Waals surface area contributed by atoms with Crippen LogP contribution >= 0.6 is 0 Å². The molecule has 2 N–H and O–H groups in total. The number of hydrogen-bond donors (Lipinski definition) is 2. The Labute approximate surface area is 117 Å². The van der Waals surface area contributed by atoms with Crippen molar-refractivity contribution in [2.75, 3.05) is 13.1 Å². The molecule has 4 unspecified atom stereocenters. The molecule has 1 amide bonds. The molecular formula is C15H30N2O2. The molecule has 1 aliphatic heterocycles. The molecule has 1 aliphatic rings. The van der Waals surface area contributed by atoms with E-state index < -0.39 is 0 Å². The van der Waals surface area contributed by atoms with Crippen molar-refractivity contribution < 1.29 is 9.90 Å². The summed E-state index contributed by atoms with van der Waals surface area (Å²) in [6, 6.07) is 0.151. The third-order valence-electron chi connectivity index (χ3n) is 4.21. The normalized spacial score (nSPS) is 25.6. The molecule has 1 fully saturated rings. The van der Waals surface area contributed by atoms with Gasteiger partial charge in [-0.3, -0.25) is 9.69 Å². The highest BCUT2D eigenvalue weighted by Crippen LogP contribution is 2.21. The summed E-state index contributed by atoms with van der Waals surface area (Å²) >= 11 is 0. The van der Waals surface area contributed by atoms with Gasteiger partial charge in [-0.2, -0.15) is 0 Å². The number of rotatable bonds is 6. The van der Waals surface area contributed by atoms with Gasteiger partial charge in [0.15, 0.2) is 0 Å². The van der Waals surface area contributed by atoms with Crippen molar-refractivity contribution in [2.45, 2.75) is 71.6 Å². The first-order valence-electron chi connectivity index (χ1n) is 7.68. The topological polar surface area (TPSA) is 52.6 Å². The van der Waals surface area contributed by atoms with E-state index >= 15 is 0 Å². The van der Waals surface area contributed by atoms with E-state index in [4.69, 9.17) is 0 Å². The molecule has 0 saturated carbocycles. The lowest BCUT2D eigenvalue weighted by atomic mass is 9.92. The van der Waals surface area contributed by atoms with Crippen molar-refractivity contribution in [3.05, 3.63) is 0 Å². The van der Waals surface area contributed by atoms with Crippen LogP contribution in [0.3, 0.4) is 0 Å². The summed E-state index contributed by atoms with van der Waals surface area (Å²) in [5, 5.41) is 12.8. The molecule has 4 nitrogen and oxygen atoms in total. The maximum Gasteiger partial charge on any atom is 0.237 e. The quantitative estimate of drug-likeness (QED) is 0.773. The van der Waals surface area contributed by atoms with Gasteiger partial charge in [0.25, 0.3) is 0 Å². The van der Waals surface area contributed by atoms with Crippen molar-refractivity contribution in [3.63, 3.8) is 0 Å². The fraction of sp³-hybridized carbons (Fsp3) is 0.933. The molecule has 0 spiro atoms. The second kappa shape index (κ2) is 7.85. The maximum absolute atomic E-state index is 12.2. The Balaban J connectivity index is 2.47. The van der Waals surface area contributed by atoms with E-state index in [9.17, 15) is 9.90 Å². The number of nitrogens with one attached hydrogen (secondary N) is 1. The minimum absolute atomic E-state index is 0.0964. The lowest BCUT2D eigenvalue weighted by Gasteiger charge is -2.37. The number of aliphatic hydroxyl groups is 1. The third kappa shape index (κ3) is 5.11. The lowest BCUT2D eigenvalue weighted by Crippen LogP contribution is -2.51. The second-order valence-corrected chi connectivity index (χ2v) is 6.01. The van der Waals surface area contributed by atoms with Gasteiger partial charge < -0.3 is 10.4 Å². The van der Waals surface area contributed by atoms with E-state index in [1.165, 1.54) is 0 Å². The lowest BCUT2D eigenvalue weighted by molar-refractivity contribution is -0.127. The van der Waals surface area contributed by atoms with Crippen LogP contribution in [-0.4, -0.2) is 47.2 Å². The van der Waals surface area contributed by atoms with E-state index in [-0.39, 0.29) is 24.1 Å². The largest absolute Gasteiger partial charge is 0.393 e. The van der Waals surface area contributed by atoms with Crippen molar-refractivity contribution in [3.8, 4) is 0 Å². The number of piperidine rings is 1. The monoisotopic (exact) mass is 270 g/mol. The first-order chi connectivity index (χ1) is 8.95. The highest BCUT2D eigenvalue weighted by Gasteiger charge is 2.29. The van der Waals surface area contributed by atoms with Gasteiger partial charge in [-0.25, -0.2) is 0 Å². The van der Waals surface area contributed by atoms with Gasteiger partial charge in [-0.15, -0.1) is 0 Å². The SMILES string of the molecule is CCCC(C)NC(=O)C(C)N1CCCC(C(C)O)C1. The fourth-order valence-corrected chi connectivity index (χ4v) is 2.82. The highest BCUT2D eigenvalue weighted by molar-refractivity contribution is 5.81. The summed E-state index contributed by atoms with van der Waals surface area (Å²) in [7, 11) is 0. The van der Waals surface area contributed by atoms with Gasteiger partial charge in [0, 0.05) is 12.6 Å². The summed E-state index contributed by atoms with van der Waals surface area (Å²) in [6.45, 7) is 9.79. The number of amides is 1. The molecule has 1 rings (SSSR count). The molecule has 4 atom stereocenters. The van der Waals surface area contributed by atoms with Gasteiger partial charge in [0.05, 0.1) is 12.1 Å². The van der Waals surface area contributed by atoms with Crippen LogP contribution in [0.1, 0.15) is 53.4 Å². The van der Waals surface area contributed by atoms with Crippen LogP contribution < -0.4 is 5.32 Å². The molecule has 0 radical (unpaired) electrons.